The van der Waals surface area contributed by atoms with Crippen molar-refractivity contribution in [3.63, 3.8) is 0 Å². The summed E-state index contributed by atoms with van der Waals surface area (Å²) < 4.78 is 0. The second kappa shape index (κ2) is 5.83. The molecular weight excluding hydrogens is 266 g/mol. The molecule has 0 spiro atoms. The van der Waals surface area contributed by atoms with Gasteiger partial charge in [-0.05, 0) is 50.2 Å². The van der Waals surface area contributed by atoms with Gasteiger partial charge in [0, 0.05) is 28.3 Å². The lowest BCUT2D eigenvalue weighted by atomic mass is 9.96. The summed E-state index contributed by atoms with van der Waals surface area (Å²) in [5.74, 6) is 0. The number of benzene rings is 1. The number of H-pyrrole nitrogens is 1. The van der Waals surface area contributed by atoms with Gasteiger partial charge in [0.1, 0.15) is 0 Å². The molecule has 1 aliphatic carbocycles. The van der Waals surface area contributed by atoms with Crippen LogP contribution in [0.15, 0.2) is 24.3 Å². The zero-order valence-corrected chi connectivity index (χ0v) is 12.6. The van der Waals surface area contributed by atoms with Crippen molar-refractivity contribution in [1.29, 1.82) is 0 Å². The van der Waals surface area contributed by atoms with Crippen LogP contribution in [0.5, 0.6) is 0 Å². The van der Waals surface area contributed by atoms with Gasteiger partial charge >= 0.3 is 0 Å². The topological polar surface area (TPSA) is 39.8 Å². The highest BCUT2D eigenvalue weighted by Gasteiger charge is 2.14. The van der Waals surface area contributed by atoms with E-state index < -0.39 is 0 Å². The van der Waals surface area contributed by atoms with Gasteiger partial charge in [-0.1, -0.05) is 25.3 Å². The van der Waals surface area contributed by atoms with Crippen LogP contribution in [0, 0.1) is 6.92 Å². The Hall–Kier alpha value is -1.55. The van der Waals surface area contributed by atoms with E-state index in [0.29, 0.717) is 6.04 Å². The quantitative estimate of drug-likeness (QED) is 0.728. The molecule has 20 heavy (non-hydrogen) atoms. The second-order valence-electron chi connectivity index (χ2n) is 5.65. The second-order valence-corrected chi connectivity index (χ2v) is 6.06. The molecule has 3 N–H and O–H groups in total. The summed E-state index contributed by atoms with van der Waals surface area (Å²) in [4.78, 5) is 3.35. The van der Waals surface area contributed by atoms with Crippen LogP contribution >= 0.6 is 12.2 Å². The predicted octanol–water partition coefficient (Wildman–Crippen LogP) is 4.10. The zero-order valence-electron chi connectivity index (χ0n) is 11.8. The molecule has 0 atom stereocenters. The number of aromatic amines is 1. The highest BCUT2D eigenvalue weighted by atomic mass is 32.1. The van der Waals surface area contributed by atoms with Crippen LogP contribution in [-0.2, 0) is 0 Å². The maximum atomic E-state index is 5.45. The molecule has 1 heterocycles. The molecule has 0 radical (unpaired) electrons. The molecule has 0 bridgehead atoms. The van der Waals surface area contributed by atoms with Crippen LogP contribution in [0.4, 0.5) is 5.69 Å². The van der Waals surface area contributed by atoms with Crippen molar-refractivity contribution in [2.75, 3.05) is 5.32 Å². The molecule has 1 fully saturated rings. The number of aromatic nitrogens is 1. The summed E-state index contributed by atoms with van der Waals surface area (Å²) in [6.45, 7) is 2.07. The summed E-state index contributed by atoms with van der Waals surface area (Å²) in [5.41, 5.74) is 3.38. The van der Waals surface area contributed by atoms with Crippen molar-refractivity contribution in [2.24, 2.45) is 0 Å². The lowest BCUT2D eigenvalue weighted by molar-refractivity contribution is 0.415. The summed E-state index contributed by atoms with van der Waals surface area (Å²) in [6, 6.07) is 8.90. The first-order valence-electron chi connectivity index (χ1n) is 7.38. The van der Waals surface area contributed by atoms with Gasteiger partial charge in [0.2, 0.25) is 0 Å². The molecule has 3 nitrogen and oxygen atoms in total. The lowest BCUT2D eigenvalue weighted by Crippen LogP contribution is -2.38. The van der Waals surface area contributed by atoms with Crippen molar-refractivity contribution in [3.8, 4) is 0 Å². The smallest absolute Gasteiger partial charge is 0.171 e. The molecule has 106 valence electrons. The fourth-order valence-electron chi connectivity index (χ4n) is 2.99. The van der Waals surface area contributed by atoms with Crippen molar-refractivity contribution in [1.82, 2.24) is 10.3 Å². The zero-order chi connectivity index (χ0) is 13.9. The number of thiocarbonyl (C=S) groups is 1. The monoisotopic (exact) mass is 287 g/mol. The van der Waals surface area contributed by atoms with Gasteiger partial charge in [-0.2, -0.15) is 0 Å². The van der Waals surface area contributed by atoms with Gasteiger partial charge in [-0.3, -0.25) is 0 Å². The Morgan fingerprint density at radius 1 is 1.25 bits per heavy atom. The van der Waals surface area contributed by atoms with E-state index in [2.05, 4.69) is 40.7 Å². The van der Waals surface area contributed by atoms with Crippen molar-refractivity contribution in [3.05, 3.63) is 30.0 Å². The number of rotatable bonds is 2. The minimum absolute atomic E-state index is 0.538. The molecule has 0 aliphatic heterocycles. The third-order valence-corrected chi connectivity index (χ3v) is 4.21. The maximum absolute atomic E-state index is 5.45. The van der Waals surface area contributed by atoms with Gasteiger partial charge in [0.15, 0.2) is 5.11 Å². The van der Waals surface area contributed by atoms with E-state index in [1.165, 1.54) is 43.2 Å². The molecule has 4 heteroatoms. The summed E-state index contributed by atoms with van der Waals surface area (Å²) in [6.07, 6.45) is 6.45. The van der Waals surface area contributed by atoms with E-state index >= 15 is 0 Å². The van der Waals surface area contributed by atoms with Crippen LogP contribution in [-0.4, -0.2) is 16.1 Å². The van der Waals surface area contributed by atoms with E-state index in [4.69, 9.17) is 12.2 Å². The van der Waals surface area contributed by atoms with Gasteiger partial charge in [0.05, 0.1) is 0 Å². The van der Waals surface area contributed by atoms with Gasteiger partial charge in [-0.15, -0.1) is 0 Å². The Balaban J connectivity index is 1.70. The Bertz CT molecular complexity index is 611. The normalized spacial score (nSPS) is 16.2. The van der Waals surface area contributed by atoms with Gasteiger partial charge in [0.25, 0.3) is 0 Å². The van der Waals surface area contributed by atoms with Crippen LogP contribution < -0.4 is 10.6 Å². The summed E-state index contributed by atoms with van der Waals surface area (Å²) in [7, 11) is 0. The van der Waals surface area contributed by atoms with E-state index in [1.54, 1.807) is 0 Å². The molecule has 0 unspecified atom stereocenters. The molecule has 1 aromatic heterocycles. The van der Waals surface area contributed by atoms with E-state index in [0.717, 1.165) is 16.3 Å². The number of anilines is 1. The van der Waals surface area contributed by atoms with Crippen LogP contribution in [0.25, 0.3) is 10.9 Å². The molecule has 1 saturated carbocycles. The summed E-state index contributed by atoms with van der Waals surface area (Å²) >= 11 is 5.45. The van der Waals surface area contributed by atoms with E-state index in [1.807, 2.05) is 6.07 Å². The minimum atomic E-state index is 0.538. The number of nitrogens with one attached hydrogen (secondary N) is 3. The van der Waals surface area contributed by atoms with Crippen molar-refractivity contribution >= 4 is 33.9 Å². The third-order valence-electron chi connectivity index (χ3n) is 3.99. The SMILES string of the molecule is Cc1cc2c(NC(=S)NC3CCCCC3)cccc2[nH]1. The number of aryl methyl sites for hydroxylation is 1. The molecule has 0 amide bonds. The average molecular weight is 287 g/mol. The van der Waals surface area contributed by atoms with Gasteiger partial charge in [-0.25, -0.2) is 0 Å². The van der Waals surface area contributed by atoms with Gasteiger partial charge < -0.3 is 15.6 Å². The van der Waals surface area contributed by atoms with E-state index in [-0.39, 0.29) is 0 Å². The fraction of sp³-hybridized carbons (Fsp3) is 0.438. The minimum Gasteiger partial charge on any atom is -0.360 e. The van der Waals surface area contributed by atoms with E-state index in [9.17, 15) is 0 Å². The Morgan fingerprint density at radius 3 is 2.85 bits per heavy atom. The highest BCUT2D eigenvalue weighted by molar-refractivity contribution is 7.80. The highest BCUT2D eigenvalue weighted by Crippen LogP contribution is 2.24. The molecule has 2 aromatic rings. The van der Waals surface area contributed by atoms with Crippen LogP contribution in [0.3, 0.4) is 0 Å². The third kappa shape index (κ3) is 2.96. The number of hydrogen-bond acceptors (Lipinski definition) is 1. The van der Waals surface area contributed by atoms with Crippen molar-refractivity contribution in [2.45, 2.75) is 45.1 Å². The number of fused-ring (bicyclic) bond motifs is 1. The Morgan fingerprint density at radius 2 is 2.05 bits per heavy atom. The fourth-order valence-corrected chi connectivity index (χ4v) is 3.27. The van der Waals surface area contributed by atoms with Crippen molar-refractivity contribution < 1.29 is 0 Å². The Kier molecular flexibility index (Phi) is 3.92. The molecular formula is C16H21N3S. The largest absolute Gasteiger partial charge is 0.360 e. The first-order chi connectivity index (χ1) is 9.72. The van der Waals surface area contributed by atoms with Crippen LogP contribution in [0.1, 0.15) is 37.8 Å². The molecule has 0 saturated heterocycles. The Labute approximate surface area is 125 Å². The predicted molar refractivity (Wildman–Crippen MR) is 89.3 cm³/mol. The first-order valence-corrected chi connectivity index (χ1v) is 7.79. The summed E-state index contributed by atoms with van der Waals surface area (Å²) in [5, 5.41) is 8.73. The maximum Gasteiger partial charge on any atom is 0.171 e. The first kappa shape index (κ1) is 13.4. The molecule has 3 rings (SSSR count). The van der Waals surface area contributed by atoms with Crippen LogP contribution in [0.2, 0.25) is 0 Å². The molecule has 1 aromatic carbocycles. The average Bonchev–Trinajstić information content (AvgIpc) is 2.81. The standard InChI is InChI=1S/C16H21N3S/c1-11-10-13-14(17-11)8-5-9-15(13)19-16(20)18-12-6-3-2-4-7-12/h5,8-10,12,17H,2-4,6-7H2,1H3,(H2,18,19,20). The number of hydrogen-bond donors (Lipinski definition) is 3. The lowest BCUT2D eigenvalue weighted by Gasteiger charge is -2.24. The molecule has 1 aliphatic rings.